The smallest absolute Gasteiger partial charge is 0.251 e. The van der Waals surface area contributed by atoms with Crippen molar-refractivity contribution < 1.29 is 13.2 Å². The van der Waals surface area contributed by atoms with Crippen LogP contribution in [-0.4, -0.2) is 47.8 Å². The Labute approximate surface area is 155 Å². The number of benzene rings is 2. The number of hydrogen-bond acceptors (Lipinski definition) is 4. The summed E-state index contributed by atoms with van der Waals surface area (Å²) in [7, 11) is 0.390. The summed E-state index contributed by atoms with van der Waals surface area (Å²) < 4.78 is 25.6. The van der Waals surface area contributed by atoms with E-state index in [9.17, 15) is 13.2 Å². The molecular weight excluding hydrogens is 350 g/mol. The Morgan fingerprint density at radius 1 is 1.04 bits per heavy atom. The molecule has 6 nitrogen and oxygen atoms in total. The Morgan fingerprint density at radius 2 is 1.65 bits per heavy atom. The lowest BCUT2D eigenvalue weighted by atomic mass is 10.1. The third-order valence-electron chi connectivity index (χ3n) is 3.94. The molecule has 0 heterocycles. The summed E-state index contributed by atoms with van der Waals surface area (Å²) in [6.45, 7) is 2.30. The number of aryl methyl sites for hydroxylation is 1. The largest absolute Gasteiger partial charge is 0.378 e. The molecule has 0 aliphatic rings. The van der Waals surface area contributed by atoms with E-state index in [0.29, 0.717) is 11.3 Å². The van der Waals surface area contributed by atoms with Gasteiger partial charge in [0.2, 0.25) is 10.0 Å². The van der Waals surface area contributed by atoms with Crippen molar-refractivity contribution in [3.05, 3.63) is 59.7 Å². The lowest BCUT2D eigenvalue weighted by molar-refractivity contribution is 0.0954. The molecule has 0 saturated heterocycles. The normalized spacial score (nSPS) is 11.1. The molecule has 0 atom stereocenters. The fraction of sp³-hybridized carbons (Fsp3) is 0.316. The molecule has 140 valence electrons. The van der Waals surface area contributed by atoms with Crippen molar-refractivity contribution in [1.29, 1.82) is 0 Å². The minimum atomic E-state index is -3.45. The van der Waals surface area contributed by atoms with Crippen LogP contribution >= 0.6 is 0 Å². The molecule has 0 aliphatic carbocycles. The lowest BCUT2D eigenvalue weighted by Gasteiger charge is -2.23. The van der Waals surface area contributed by atoms with E-state index in [1.807, 2.05) is 50.2 Å². The molecular formula is C19H25N3O3S. The van der Waals surface area contributed by atoms with Crippen molar-refractivity contribution in [1.82, 2.24) is 5.32 Å². The zero-order chi connectivity index (χ0) is 19.3. The minimum Gasteiger partial charge on any atom is -0.378 e. The summed E-state index contributed by atoms with van der Waals surface area (Å²) in [4.78, 5) is 14.1. The maximum atomic E-state index is 12.2. The highest BCUT2D eigenvalue weighted by Gasteiger charge is 2.17. The average Bonchev–Trinajstić information content (AvgIpc) is 2.57. The molecule has 2 rings (SSSR count). The number of sulfonamides is 1. The van der Waals surface area contributed by atoms with Gasteiger partial charge in [-0.3, -0.25) is 9.10 Å². The first-order valence-corrected chi connectivity index (χ1v) is 10.1. The van der Waals surface area contributed by atoms with Crippen molar-refractivity contribution in [2.45, 2.75) is 6.92 Å². The predicted octanol–water partition coefficient (Wildman–Crippen LogP) is 2.26. The van der Waals surface area contributed by atoms with E-state index >= 15 is 0 Å². The van der Waals surface area contributed by atoms with Crippen LogP contribution in [-0.2, 0) is 10.0 Å². The molecule has 26 heavy (non-hydrogen) atoms. The SMILES string of the molecule is Cc1cccc(C(=O)NCCN(c2ccc(N(C)C)cc2)S(C)(=O)=O)c1. The first-order valence-electron chi connectivity index (χ1n) is 8.28. The lowest BCUT2D eigenvalue weighted by Crippen LogP contribution is -2.38. The highest BCUT2D eigenvalue weighted by molar-refractivity contribution is 7.92. The third kappa shape index (κ3) is 5.23. The Kier molecular flexibility index (Phi) is 6.26. The zero-order valence-electron chi connectivity index (χ0n) is 15.6. The first-order chi connectivity index (χ1) is 12.2. The van der Waals surface area contributed by atoms with Crippen molar-refractivity contribution in [2.24, 2.45) is 0 Å². The van der Waals surface area contributed by atoms with Gasteiger partial charge >= 0.3 is 0 Å². The number of carbonyl (C=O) groups excluding carboxylic acids is 1. The topological polar surface area (TPSA) is 69.7 Å². The molecule has 0 saturated carbocycles. The van der Waals surface area contributed by atoms with E-state index in [1.165, 1.54) is 4.31 Å². The Balaban J connectivity index is 2.06. The van der Waals surface area contributed by atoms with E-state index in [2.05, 4.69) is 5.32 Å². The number of carbonyl (C=O) groups is 1. The van der Waals surface area contributed by atoms with Crippen LogP contribution in [0.3, 0.4) is 0 Å². The minimum absolute atomic E-state index is 0.164. The van der Waals surface area contributed by atoms with Crippen LogP contribution < -0.4 is 14.5 Å². The van der Waals surface area contributed by atoms with E-state index in [0.717, 1.165) is 17.5 Å². The number of amides is 1. The Morgan fingerprint density at radius 3 is 2.19 bits per heavy atom. The Bertz CT molecular complexity index is 862. The predicted molar refractivity (Wildman–Crippen MR) is 106 cm³/mol. The summed E-state index contributed by atoms with van der Waals surface area (Å²) in [6, 6.07) is 14.5. The molecule has 1 amide bonds. The van der Waals surface area contributed by atoms with Crippen molar-refractivity contribution >= 4 is 27.3 Å². The van der Waals surface area contributed by atoms with Crippen molar-refractivity contribution in [3.63, 3.8) is 0 Å². The van der Waals surface area contributed by atoms with Gasteiger partial charge in [-0.15, -0.1) is 0 Å². The zero-order valence-corrected chi connectivity index (χ0v) is 16.4. The van der Waals surface area contributed by atoms with Gasteiger partial charge in [0.15, 0.2) is 0 Å². The molecule has 0 unspecified atom stereocenters. The van der Waals surface area contributed by atoms with Gasteiger partial charge in [0.1, 0.15) is 0 Å². The summed E-state index contributed by atoms with van der Waals surface area (Å²) >= 11 is 0. The quantitative estimate of drug-likeness (QED) is 0.806. The molecule has 2 aromatic rings. The van der Waals surface area contributed by atoms with E-state index < -0.39 is 10.0 Å². The highest BCUT2D eigenvalue weighted by atomic mass is 32.2. The average molecular weight is 375 g/mol. The molecule has 0 fully saturated rings. The highest BCUT2D eigenvalue weighted by Crippen LogP contribution is 2.21. The third-order valence-corrected chi connectivity index (χ3v) is 5.13. The molecule has 1 N–H and O–H groups in total. The van der Waals surface area contributed by atoms with Gasteiger partial charge in [-0.2, -0.15) is 0 Å². The molecule has 0 aliphatic heterocycles. The molecule has 0 bridgehead atoms. The van der Waals surface area contributed by atoms with Crippen LogP contribution in [0.15, 0.2) is 48.5 Å². The van der Waals surface area contributed by atoms with Gasteiger partial charge in [0, 0.05) is 31.9 Å². The van der Waals surface area contributed by atoms with Crippen LogP contribution in [0.4, 0.5) is 11.4 Å². The second-order valence-electron chi connectivity index (χ2n) is 6.37. The first kappa shape index (κ1) is 19.8. The summed E-state index contributed by atoms with van der Waals surface area (Å²) in [5, 5.41) is 2.77. The van der Waals surface area contributed by atoms with Crippen LogP contribution in [0.2, 0.25) is 0 Å². The van der Waals surface area contributed by atoms with Gasteiger partial charge < -0.3 is 10.2 Å². The summed E-state index contributed by atoms with van der Waals surface area (Å²) in [6.07, 6.45) is 1.16. The van der Waals surface area contributed by atoms with Gasteiger partial charge in [-0.1, -0.05) is 17.7 Å². The Hall–Kier alpha value is -2.54. The second kappa shape index (κ2) is 8.23. The molecule has 2 aromatic carbocycles. The monoisotopic (exact) mass is 375 g/mol. The molecule has 0 radical (unpaired) electrons. The number of nitrogens with zero attached hydrogens (tertiary/aromatic N) is 2. The van der Waals surface area contributed by atoms with Crippen LogP contribution in [0.1, 0.15) is 15.9 Å². The van der Waals surface area contributed by atoms with E-state index in [4.69, 9.17) is 0 Å². The fourth-order valence-electron chi connectivity index (χ4n) is 2.56. The summed E-state index contributed by atoms with van der Waals surface area (Å²) in [5.74, 6) is -0.217. The maximum absolute atomic E-state index is 12.2. The standard InChI is InChI=1S/C19H25N3O3S/c1-15-6-5-7-16(14-15)19(23)20-12-13-22(26(4,24)25)18-10-8-17(9-11-18)21(2)3/h5-11,14H,12-13H2,1-4H3,(H,20,23). The van der Waals surface area contributed by atoms with Gasteiger partial charge in [-0.25, -0.2) is 8.42 Å². The molecule has 0 spiro atoms. The molecule has 7 heteroatoms. The van der Waals surface area contributed by atoms with Crippen molar-refractivity contribution in [3.8, 4) is 0 Å². The maximum Gasteiger partial charge on any atom is 0.251 e. The second-order valence-corrected chi connectivity index (χ2v) is 8.28. The van der Waals surface area contributed by atoms with E-state index in [-0.39, 0.29) is 19.0 Å². The number of rotatable bonds is 7. The number of hydrogen-bond donors (Lipinski definition) is 1. The summed E-state index contributed by atoms with van der Waals surface area (Å²) in [5.41, 5.74) is 3.11. The van der Waals surface area contributed by atoms with Crippen LogP contribution in [0.25, 0.3) is 0 Å². The van der Waals surface area contributed by atoms with Crippen LogP contribution in [0, 0.1) is 6.92 Å². The molecule has 0 aromatic heterocycles. The van der Waals surface area contributed by atoms with E-state index in [1.54, 1.807) is 24.3 Å². The van der Waals surface area contributed by atoms with Crippen LogP contribution in [0.5, 0.6) is 0 Å². The van der Waals surface area contributed by atoms with Gasteiger partial charge in [0.25, 0.3) is 5.91 Å². The number of nitrogens with one attached hydrogen (secondary N) is 1. The van der Waals surface area contributed by atoms with Gasteiger partial charge in [0.05, 0.1) is 18.5 Å². The van der Waals surface area contributed by atoms with Crippen molar-refractivity contribution in [2.75, 3.05) is 42.6 Å². The number of anilines is 2. The van der Waals surface area contributed by atoms with Gasteiger partial charge in [-0.05, 0) is 43.3 Å². The fourth-order valence-corrected chi connectivity index (χ4v) is 3.49.